The second-order valence-electron chi connectivity index (χ2n) is 6.93. The Morgan fingerprint density at radius 1 is 1.16 bits per heavy atom. The molecule has 0 radical (unpaired) electrons. The fraction of sp³-hybridized carbons (Fsp3) is 0.286. The van der Waals surface area contributed by atoms with Gasteiger partial charge in [-0.15, -0.1) is 0 Å². The summed E-state index contributed by atoms with van der Waals surface area (Å²) >= 11 is 0. The molecule has 0 saturated carbocycles. The molecule has 0 spiro atoms. The molecule has 1 aliphatic heterocycles. The molecule has 3 unspecified atom stereocenters. The van der Waals surface area contributed by atoms with Gasteiger partial charge in [0.2, 0.25) is 11.8 Å². The van der Waals surface area contributed by atoms with Crippen molar-refractivity contribution in [3.05, 3.63) is 22.2 Å². The number of piperidine rings is 1. The zero-order chi connectivity index (χ0) is 18.6. The summed E-state index contributed by atoms with van der Waals surface area (Å²) < 4.78 is 1.38. The quantitative estimate of drug-likeness (QED) is 0.308. The Kier molecular flexibility index (Phi) is 4.05. The van der Waals surface area contributed by atoms with E-state index in [-0.39, 0.29) is 23.1 Å². The first-order valence-corrected chi connectivity index (χ1v) is 8.28. The van der Waals surface area contributed by atoms with Gasteiger partial charge < -0.3 is 5.73 Å². The molecule has 1 aromatic heterocycles. The number of amides is 2. The Morgan fingerprint density at radius 2 is 1.80 bits per heavy atom. The minimum absolute atomic E-state index is 0.320. The summed E-state index contributed by atoms with van der Waals surface area (Å²) in [6.45, 7) is 1.69. The largest absolute Gasteiger partial charge is 0.398 e. The van der Waals surface area contributed by atoms with E-state index in [2.05, 4.69) is 10.3 Å². The lowest BCUT2D eigenvalue weighted by Crippen LogP contribution is -2.50. The Morgan fingerprint density at radius 3 is 2.44 bits per heavy atom. The van der Waals surface area contributed by atoms with Gasteiger partial charge in [0.15, 0.2) is 0 Å². The number of rotatable bonds is 1. The number of fused-ring (bicyclic) bond motifs is 1. The predicted molar refractivity (Wildman–Crippen MR) is 108 cm³/mol. The van der Waals surface area contributed by atoms with Crippen molar-refractivity contribution in [2.45, 2.75) is 24.6 Å². The maximum absolute atomic E-state index is 13.2. The average Bonchev–Trinajstić information content (AvgIpc) is 2.53. The van der Waals surface area contributed by atoms with Gasteiger partial charge in [-0.3, -0.25) is 24.3 Å². The molecule has 2 amide bonds. The lowest BCUT2D eigenvalue weighted by molar-refractivity contribution is -0.135. The third-order valence-electron chi connectivity index (χ3n) is 5.29. The second-order valence-corrected chi connectivity index (χ2v) is 6.93. The first kappa shape index (κ1) is 17.4. The van der Waals surface area contributed by atoms with Crippen LogP contribution in [0.1, 0.15) is 11.9 Å². The van der Waals surface area contributed by atoms with Gasteiger partial charge in [0.1, 0.15) is 43.3 Å². The molecule has 1 saturated heterocycles. The van der Waals surface area contributed by atoms with Gasteiger partial charge in [0.25, 0.3) is 5.56 Å². The lowest BCUT2D eigenvalue weighted by Gasteiger charge is -2.34. The van der Waals surface area contributed by atoms with Crippen LogP contribution >= 0.6 is 0 Å². The van der Waals surface area contributed by atoms with Crippen LogP contribution in [0.15, 0.2) is 10.9 Å². The van der Waals surface area contributed by atoms with Crippen molar-refractivity contribution in [3.63, 3.8) is 0 Å². The van der Waals surface area contributed by atoms with Crippen LogP contribution in [0.3, 0.4) is 0 Å². The number of imide groups is 1. The van der Waals surface area contributed by atoms with Gasteiger partial charge in [0, 0.05) is 11.5 Å². The Bertz CT molecular complexity index is 990. The standard InChI is InChI=1S/C14H18B4N4O3/c1-3-20-10-5(16)2-4(15)9(19)6(10)14(25)22(3)11-7(17)8(18)12(23)21-13(11)24/h2,7-8,11H,15-19H2,1H3,(H,21,23,24). The highest BCUT2D eigenvalue weighted by molar-refractivity contribution is 6.45. The second kappa shape index (κ2) is 5.82. The molecule has 3 rings (SSSR count). The van der Waals surface area contributed by atoms with E-state index < -0.39 is 11.9 Å². The molecule has 124 valence electrons. The van der Waals surface area contributed by atoms with Gasteiger partial charge in [-0.25, -0.2) is 4.98 Å². The molecule has 1 aromatic carbocycles. The van der Waals surface area contributed by atoms with E-state index in [9.17, 15) is 14.4 Å². The summed E-state index contributed by atoms with van der Waals surface area (Å²) in [5.74, 6) is -1.09. The van der Waals surface area contributed by atoms with Gasteiger partial charge in [0.05, 0.1) is 10.9 Å². The Labute approximate surface area is 148 Å². The first-order valence-electron chi connectivity index (χ1n) is 8.28. The van der Waals surface area contributed by atoms with Crippen molar-refractivity contribution in [2.75, 3.05) is 5.73 Å². The molecular formula is C14H18B4N4O3. The summed E-state index contributed by atoms with van der Waals surface area (Å²) in [6.07, 6.45) is 0. The molecule has 25 heavy (non-hydrogen) atoms. The number of carbonyl (C=O) groups is 2. The van der Waals surface area contributed by atoms with Crippen molar-refractivity contribution >= 4 is 70.7 Å². The number of aryl methyl sites for hydroxylation is 1. The van der Waals surface area contributed by atoms with Gasteiger partial charge in [-0.2, -0.15) is 0 Å². The van der Waals surface area contributed by atoms with Crippen LogP contribution in [0.5, 0.6) is 0 Å². The van der Waals surface area contributed by atoms with Crippen molar-refractivity contribution in [3.8, 4) is 0 Å². The van der Waals surface area contributed by atoms with Gasteiger partial charge >= 0.3 is 0 Å². The van der Waals surface area contributed by atoms with Crippen LogP contribution in [0.25, 0.3) is 10.9 Å². The van der Waals surface area contributed by atoms with Crippen molar-refractivity contribution in [1.82, 2.24) is 14.9 Å². The maximum Gasteiger partial charge on any atom is 0.264 e. The zero-order valence-corrected chi connectivity index (χ0v) is 15.0. The summed E-state index contributed by atoms with van der Waals surface area (Å²) in [4.78, 5) is 42.1. The Hall–Kier alpha value is -2.44. The number of aromatic nitrogens is 2. The summed E-state index contributed by atoms with van der Waals surface area (Å²) in [6, 6.07) is 1.10. The highest BCUT2D eigenvalue weighted by Crippen LogP contribution is 2.34. The minimum atomic E-state index is -0.794. The van der Waals surface area contributed by atoms with E-state index in [4.69, 9.17) is 5.73 Å². The van der Waals surface area contributed by atoms with Crippen LogP contribution in [0, 0.1) is 6.92 Å². The normalized spacial score (nSPS) is 23.6. The van der Waals surface area contributed by atoms with E-state index >= 15 is 0 Å². The number of anilines is 1. The van der Waals surface area contributed by atoms with E-state index in [1.165, 1.54) is 4.57 Å². The number of nitrogens with one attached hydrogen (secondary N) is 1. The van der Waals surface area contributed by atoms with Crippen molar-refractivity contribution < 1.29 is 9.59 Å². The molecule has 7 nitrogen and oxygen atoms in total. The molecule has 11 heteroatoms. The molecule has 1 aliphatic rings. The van der Waals surface area contributed by atoms with Crippen LogP contribution in [0.4, 0.5) is 5.69 Å². The monoisotopic (exact) mass is 334 g/mol. The van der Waals surface area contributed by atoms with Crippen LogP contribution in [-0.2, 0) is 9.59 Å². The van der Waals surface area contributed by atoms with Crippen molar-refractivity contribution in [2.24, 2.45) is 0 Å². The van der Waals surface area contributed by atoms with E-state index in [1.54, 1.807) is 22.6 Å². The summed E-state index contributed by atoms with van der Waals surface area (Å²) in [5.41, 5.74) is 8.38. The molecule has 1 fully saturated rings. The molecule has 0 aliphatic carbocycles. The Balaban J connectivity index is 2.34. The highest BCUT2D eigenvalue weighted by atomic mass is 16.2. The van der Waals surface area contributed by atoms with E-state index in [0.29, 0.717) is 22.4 Å². The highest BCUT2D eigenvalue weighted by Gasteiger charge is 2.40. The van der Waals surface area contributed by atoms with Gasteiger partial charge in [-0.05, 0) is 12.7 Å². The SMILES string of the molecule is Bc1cc(B)c2nc(C)n(C3C(=O)NC(=O)C(B)C3B)c(=O)c2c1N. The number of carbonyl (C=O) groups excluding carboxylic acids is 2. The van der Waals surface area contributed by atoms with E-state index in [0.717, 1.165) is 10.9 Å². The molecule has 3 N–H and O–H groups in total. The maximum atomic E-state index is 13.2. The third-order valence-corrected chi connectivity index (χ3v) is 5.29. The van der Waals surface area contributed by atoms with Gasteiger partial charge in [-0.1, -0.05) is 17.0 Å². The van der Waals surface area contributed by atoms with Crippen LogP contribution in [0.2, 0.25) is 11.6 Å². The minimum Gasteiger partial charge on any atom is -0.398 e. The summed E-state index contributed by atoms with van der Waals surface area (Å²) in [5, 5.41) is 2.68. The third kappa shape index (κ3) is 2.49. The van der Waals surface area contributed by atoms with Crippen LogP contribution in [-0.4, -0.2) is 52.8 Å². The molecule has 2 heterocycles. The molecular weight excluding hydrogens is 315 g/mol. The summed E-state index contributed by atoms with van der Waals surface area (Å²) in [7, 11) is 7.26. The zero-order valence-electron chi connectivity index (χ0n) is 15.0. The van der Waals surface area contributed by atoms with E-state index in [1.807, 2.05) is 21.8 Å². The number of nitrogen functional groups attached to an aromatic ring is 1. The molecule has 0 bridgehead atoms. The predicted octanol–water partition coefficient (Wildman–Crippen LogP) is -5.16. The number of hydrogen-bond acceptors (Lipinski definition) is 5. The number of nitrogens with two attached hydrogens (primary N) is 1. The number of nitrogens with zero attached hydrogens (tertiary/aromatic N) is 2. The fourth-order valence-electron chi connectivity index (χ4n) is 3.58. The lowest BCUT2D eigenvalue weighted by atomic mass is 9.61. The van der Waals surface area contributed by atoms with Crippen LogP contribution < -0.4 is 27.5 Å². The smallest absolute Gasteiger partial charge is 0.264 e. The number of benzene rings is 1. The average molecular weight is 334 g/mol. The fourth-order valence-corrected chi connectivity index (χ4v) is 3.58. The number of hydrogen-bond donors (Lipinski definition) is 2. The molecule has 3 atom stereocenters. The topological polar surface area (TPSA) is 107 Å². The first-order chi connectivity index (χ1) is 11.6. The molecule has 2 aromatic rings. The van der Waals surface area contributed by atoms with Crippen molar-refractivity contribution in [1.29, 1.82) is 0 Å².